The van der Waals surface area contributed by atoms with Gasteiger partial charge in [0.1, 0.15) is 0 Å². The lowest BCUT2D eigenvalue weighted by atomic mass is 10.1. The van der Waals surface area contributed by atoms with E-state index in [1.807, 2.05) is 32.0 Å². The Hall–Kier alpha value is -2.93. The number of nitrogens with zero attached hydrogens (tertiary/aromatic N) is 2. The van der Waals surface area contributed by atoms with Crippen molar-refractivity contribution >= 4 is 35.1 Å². The van der Waals surface area contributed by atoms with Crippen LogP contribution >= 0.6 is 11.6 Å². The second-order valence-corrected chi connectivity index (χ2v) is 5.84. The molecule has 130 valence electrons. The van der Waals surface area contributed by atoms with Crippen LogP contribution in [0.15, 0.2) is 41.5 Å². The highest BCUT2D eigenvalue weighted by molar-refractivity contribution is 6.33. The minimum Gasteiger partial charge on any atom is -0.376 e. The first-order valence-electron chi connectivity index (χ1n) is 7.44. The Bertz CT molecular complexity index is 837. The summed E-state index contributed by atoms with van der Waals surface area (Å²) in [5, 5.41) is 17.9. The molecule has 2 rings (SSSR count). The van der Waals surface area contributed by atoms with Crippen molar-refractivity contribution in [3.63, 3.8) is 0 Å². The van der Waals surface area contributed by atoms with Crippen LogP contribution in [-0.2, 0) is 4.79 Å². The van der Waals surface area contributed by atoms with E-state index >= 15 is 0 Å². The van der Waals surface area contributed by atoms with Crippen LogP contribution in [0, 0.1) is 24.0 Å². The van der Waals surface area contributed by atoms with Crippen LogP contribution in [0.25, 0.3) is 0 Å². The zero-order chi connectivity index (χ0) is 18.4. The van der Waals surface area contributed by atoms with Crippen molar-refractivity contribution in [2.75, 3.05) is 11.9 Å². The van der Waals surface area contributed by atoms with E-state index in [1.165, 1.54) is 24.4 Å². The molecular weight excluding hydrogens is 344 g/mol. The number of hydrogen-bond donors (Lipinski definition) is 2. The molecule has 0 fully saturated rings. The van der Waals surface area contributed by atoms with Gasteiger partial charge in [-0.15, -0.1) is 0 Å². The Morgan fingerprint density at radius 3 is 2.72 bits per heavy atom. The fourth-order valence-electron chi connectivity index (χ4n) is 2.14. The van der Waals surface area contributed by atoms with Crippen LogP contribution < -0.4 is 10.7 Å². The predicted molar refractivity (Wildman–Crippen MR) is 98.2 cm³/mol. The van der Waals surface area contributed by atoms with E-state index in [4.69, 9.17) is 11.6 Å². The highest BCUT2D eigenvalue weighted by Crippen LogP contribution is 2.20. The highest BCUT2D eigenvalue weighted by Gasteiger charge is 2.08. The van der Waals surface area contributed by atoms with E-state index in [0.29, 0.717) is 10.6 Å². The third-order valence-corrected chi connectivity index (χ3v) is 3.75. The molecule has 0 aliphatic rings. The minimum absolute atomic E-state index is 0.0455. The van der Waals surface area contributed by atoms with Crippen molar-refractivity contribution < 1.29 is 9.72 Å². The van der Waals surface area contributed by atoms with Crippen LogP contribution in [0.3, 0.4) is 0 Å². The van der Waals surface area contributed by atoms with Gasteiger partial charge in [-0.25, -0.2) is 5.43 Å². The molecule has 0 saturated carbocycles. The Kier molecular flexibility index (Phi) is 6.08. The number of amides is 1. The molecule has 2 aromatic rings. The molecule has 2 N–H and O–H groups in total. The summed E-state index contributed by atoms with van der Waals surface area (Å²) in [4.78, 5) is 22.0. The van der Waals surface area contributed by atoms with Gasteiger partial charge in [-0.05, 0) is 31.5 Å². The summed E-state index contributed by atoms with van der Waals surface area (Å²) < 4.78 is 0. The number of halogens is 1. The maximum absolute atomic E-state index is 11.8. The molecule has 0 bridgehead atoms. The molecule has 25 heavy (non-hydrogen) atoms. The first-order valence-corrected chi connectivity index (χ1v) is 7.81. The van der Waals surface area contributed by atoms with Gasteiger partial charge in [-0.3, -0.25) is 14.9 Å². The molecule has 0 heterocycles. The summed E-state index contributed by atoms with van der Waals surface area (Å²) in [6.07, 6.45) is 1.27. The molecule has 0 aromatic heterocycles. The smallest absolute Gasteiger partial charge is 0.270 e. The predicted octanol–water partition coefficient (Wildman–Crippen LogP) is 3.43. The number of nitro groups is 1. The van der Waals surface area contributed by atoms with Gasteiger partial charge in [-0.1, -0.05) is 29.3 Å². The van der Waals surface area contributed by atoms with Crippen molar-refractivity contribution in [2.45, 2.75) is 13.8 Å². The van der Waals surface area contributed by atoms with E-state index in [2.05, 4.69) is 15.8 Å². The van der Waals surface area contributed by atoms with Crippen LogP contribution in [0.1, 0.15) is 16.7 Å². The second kappa shape index (κ2) is 8.25. The number of benzene rings is 2. The molecule has 1 amide bonds. The Balaban J connectivity index is 1.92. The van der Waals surface area contributed by atoms with Gasteiger partial charge in [0.2, 0.25) is 0 Å². The van der Waals surface area contributed by atoms with Gasteiger partial charge in [-0.2, -0.15) is 5.10 Å². The zero-order valence-corrected chi connectivity index (χ0v) is 14.5. The number of carbonyl (C=O) groups excluding carboxylic acids is 1. The van der Waals surface area contributed by atoms with Crippen molar-refractivity contribution in [3.8, 4) is 0 Å². The Labute approximate surface area is 149 Å². The van der Waals surface area contributed by atoms with Gasteiger partial charge in [0.05, 0.1) is 17.7 Å². The molecule has 0 spiro atoms. The van der Waals surface area contributed by atoms with E-state index in [-0.39, 0.29) is 18.1 Å². The summed E-state index contributed by atoms with van der Waals surface area (Å²) >= 11 is 5.95. The van der Waals surface area contributed by atoms with Gasteiger partial charge >= 0.3 is 0 Å². The van der Waals surface area contributed by atoms with Crippen LogP contribution in [-0.4, -0.2) is 23.6 Å². The number of nitro benzene ring substituents is 1. The quantitative estimate of drug-likeness (QED) is 0.468. The summed E-state index contributed by atoms with van der Waals surface area (Å²) in [6.45, 7) is 4.00. The SMILES string of the molecule is Cc1ccc(NCC(=O)N/N=C/c2cc([N+](=O)[O-])ccc2Cl)c(C)c1. The monoisotopic (exact) mass is 360 g/mol. The summed E-state index contributed by atoms with van der Waals surface area (Å²) in [5.41, 5.74) is 5.64. The largest absolute Gasteiger partial charge is 0.376 e. The number of non-ortho nitro benzene ring substituents is 1. The summed E-state index contributed by atoms with van der Waals surface area (Å²) in [5.74, 6) is -0.349. The van der Waals surface area contributed by atoms with E-state index < -0.39 is 4.92 Å². The molecule has 0 radical (unpaired) electrons. The summed E-state index contributed by atoms with van der Waals surface area (Å²) in [7, 11) is 0. The minimum atomic E-state index is -0.528. The fourth-order valence-corrected chi connectivity index (χ4v) is 2.31. The summed E-state index contributed by atoms with van der Waals surface area (Å²) in [6, 6.07) is 9.87. The van der Waals surface area contributed by atoms with Crippen molar-refractivity contribution in [1.82, 2.24) is 5.43 Å². The van der Waals surface area contributed by atoms with Crippen molar-refractivity contribution in [1.29, 1.82) is 0 Å². The van der Waals surface area contributed by atoms with E-state index in [9.17, 15) is 14.9 Å². The van der Waals surface area contributed by atoms with E-state index in [1.54, 1.807) is 0 Å². The highest BCUT2D eigenvalue weighted by atomic mass is 35.5. The van der Waals surface area contributed by atoms with Gasteiger partial charge in [0, 0.05) is 28.4 Å². The molecule has 0 aliphatic heterocycles. The normalized spacial score (nSPS) is 10.7. The number of aryl methyl sites for hydroxylation is 2. The number of nitrogens with one attached hydrogen (secondary N) is 2. The zero-order valence-electron chi connectivity index (χ0n) is 13.7. The van der Waals surface area contributed by atoms with Crippen LogP contribution in [0.2, 0.25) is 5.02 Å². The maximum Gasteiger partial charge on any atom is 0.270 e. The van der Waals surface area contributed by atoms with Gasteiger partial charge in [0.25, 0.3) is 11.6 Å². The molecule has 0 atom stereocenters. The number of anilines is 1. The second-order valence-electron chi connectivity index (χ2n) is 5.43. The first kappa shape index (κ1) is 18.4. The van der Waals surface area contributed by atoms with E-state index in [0.717, 1.165) is 16.8 Å². The third-order valence-electron chi connectivity index (χ3n) is 3.40. The molecule has 0 unspecified atom stereocenters. The van der Waals surface area contributed by atoms with Crippen LogP contribution in [0.4, 0.5) is 11.4 Å². The molecule has 0 aliphatic carbocycles. The number of hydrazone groups is 1. The third kappa shape index (κ3) is 5.29. The molecule has 2 aromatic carbocycles. The fraction of sp³-hybridized carbons (Fsp3) is 0.176. The first-order chi connectivity index (χ1) is 11.9. The lowest BCUT2D eigenvalue weighted by Gasteiger charge is -2.09. The molecule has 0 saturated heterocycles. The number of carbonyl (C=O) groups is 1. The van der Waals surface area contributed by atoms with Gasteiger partial charge in [0.15, 0.2) is 0 Å². The Morgan fingerprint density at radius 1 is 1.28 bits per heavy atom. The topological polar surface area (TPSA) is 96.6 Å². The molecule has 8 heteroatoms. The average molecular weight is 361 g/mol. The number of hydrogen-bond acceptors (Lipinski definition) is 5. The molecular formula is C17H17ClN4O3. The van der Waals surface area contributed by atoms with Crippen LogP contribution in [0.5, 0.6) is 0 Å². The lowest BCUT2D eigenvalue weighted by Crippen LogP contribution is -2.26. The van der Waals surface area contributed by atoms with Crippen molar-refractivity contribution in [3.05, 3.63) is 68.2 Å². The van der Waals surface area contributed by atoms with Gasteiger partial charge < -0.3 is 5.32 Å². The van der Waals surface area contributed by atoms with Crippen molar-refractivity contribution in [2.24, 2.45) is 5.10 Å². The maximum atomic E-state index is 11.8. The molecule has 7 nitrogen and oxygen atoms in total. The number of rotatable bonds is 6. The average Bonchev–Trinajstić information content (AvgIpc) is 2.55. The lowest BCUT2D eigenvalue weighted by molar-refractivity contribution is -0.384. The Morgan fingerprint density at radius 2 is 2.04 bits per heavy atom. The standard InChI is InChI=1S/C17H17ClN4O3/c1-11-3-6-16(12(2)7-11)19-10-17(23)21-20-9-13-8-14(22(24)25)4-5-15(13)18/h3-9,19H,10H2,1-2H3,(H,21,23)/b20-9+.